The normalized spacial score (nSPS) is 12.7. The molecule has 4 aromatic rings. The van der Waals surface area contributed by atoms with Crippen molar-refractivity contribution in [1.29, 1.82) is 0 Å². The van der Waals surface area contributed by atoms with Crippen LogP contribution < -0.4 is 9.47 Å². The molecule has 200 valence electrons. The molecule has 4 rings (SSSR count). The fraction of sp³-hybridized carbons (Fsp3) is 0.111. The Morgan fingerprint density at radius 2 is 0.947 bits per heavy atom. The first-order valence-electron chi connectivity index (χ1n) is 11.0. The maximum Gasteiger partial charge on any atom is 0.416 e. The van der Waals surface area contributed by atoms with Crippen LogP contribution in [-0.2, 0) is 19.9 Å². The molecule has 0 spiro atoms. The van der Waals surface area contributed by atoms with E-state index in [4.69, 9.17) is 13.1 Å². The van der Waals surface area contributed by atoms with Crippen molar-refractivity contribution in [3.63, 3.8) is 0 Å². The third kappa shape index (κ3) is 5.50. The molecule has 0 aliphatic rings. The zero-order chi connectivity index (χ0) is 27.6. The van der Waals surface area contributed by atoms with Crippen molar-refractivity contribution in [2.45, 2.75) is 25.8 Å². The molecule has 0 saturated heterocycles. The van der Waals surface area contributed by atoms with E-state index in [1.807, 2.05) is 0 Å². The van der Waals surface area contributed by atoms with Gasteiger partial charge in [-0.3, -0.25) is 0 Å². The number of benzene rings is 4. The number of rotatable bonds is 8. The minimum absolute atomic E-state index is 0.338. The first-order valence-corrected chi connectivity index (χ1v) is 14.0. The van der Waals surface area contributed by atoms with Gasteiger partial charge in [0.15, 0.2) is 0 Å². The second kappa shape index (κ2) is 10.7. The van der Waals surface area contributed by atoms with Gasteiger partial charge >= 0.3 is 16.3 Å². The van der Waals surface area contributed by atoms with Crippen LogP contribution in [0.25, 0.3) is 0 Å². The summed E-state index contributed by atoms with van der Waals surface area (Å²) < 4.78 is 97.0. The molecule has 0 aliphatic carbocycles. The average Bonchev–Trinajstić information content (AvgIpc) is 2.92. The van der Waals surface area contributed by atoms with E-state index >= 15 is 0 Å². The summed E-state index contributed by atoms with van der Waals surface area (Å²) in [7, 11) is -4.83. The standard InChI is InChI=1S/C27H22F4O5S2/c1-34-21-7-15-24(16-8-21)37(23-13-5-20(28)6-14-23,25-17-9-22(35-2)10-18-25)36-38(32,33)26-11-3-19(4-12-26)27(29,30)31/h3-18H,1-2H3. The zero-order valence-electron chi connectivity index (χ0n) is 20.1. The number of methoxy groups -OCH3 is 2. The molecule has 0 atom stereocenters. The largest absolute Gasteiger partial charge is 0.497 e. The van der Waals surface area contributed by atoms with E-state index in [0.29, 0.717) is 38.3 Å². The van der Waals surface area contributed by atoms with Crippen LogP contribution >= 0.6 is 10.3 Å². The van der Waals surface area contributed by atoms with Gasteiger partial charge < -0.3 is 9.47 Å². The molecular formula is C27H22F4O5S2. The van der Waals surface area contributed by atoms with Crippen molar-refractivity contribution >= 4 is 20.4 Å². The molecule has 4 aromatic carbocycles. The smallest absolute Gasteiger partial charge is 0.416 e. The van der Waals surface area contributed by atoms with E-state index in [0.717, 1.165) is 12.1 Å². The molecule has 0 saturated carbocycles. The van der Waals surface area contributed by atoms with E-state index in [1.54, 1.807) is 48.5 Å². The lowest BCUT2D eigenvalue weighted by Gasteiger charge is -2.39. The monoisotopic (exact) mass is 566 g/mol. The minimum atomic E-state index is -4.65. The molecule has 11 heteroatoms. The maximum absolute atomic E-state index is 13.9. The Labute approximate surface area is 219 Å². The topological polar surface area (TPSA) is 61.8 Å². The molecule has 0 fully saturated rings. The summed E-state index contributed by atoms with van der Waals surface area (Å²) in [6.07, 6.45) is -4.64. The molecule has 0 unspecified atom stereocenters. The quantitative estimate of drug-likeness (QED) is 0.207. The molecule has 0 heterocycles. The Kier molecular flexibility index (Phi) is 7.73. The first kappa shape index (κ1) is 27.5. The summed E-state index contributed by atoms with van der Waals surface area (Å²) in [6, 6.07) is 21.2. The average molecular weight is 567 g/mol. The van der Waals surface area contributed by atoms with Crippen LogP contribution in [0.1, 0.15) is 5.56 Å². The summed E-state index contributed by atoms with van der Waals surface area (Å²) in [5, 5.41) is 0. The Hall–Kier alpha value is -3.54. The van der Waals surface area contributed by atoms with Crippen LogP contribution in [0.5, 0.6) is 11.5 Å². The number of ether oxygens (including phenoxy) is 2. The Balaban J connectivity index is 1.96. The summed E-state index contributed by atoms with van der Waals surface area (Å²) in [6.45, 7) is 0. The number of alkyl halides is 3. The summed E-state index contributed by atoms with van der Waals surface area (Å²) >= 11 is 0. The molecular weight excluding hydrogens is 544 g/mol. The van der Waals surface area contributed by atoms with Crippen LogP contribution in [-0.4, -0.2) is 22.6 Å². The second-order valence-corrected chi connectivity index (χ2v) is 12.4. The fourth-order valence-corrected chi connectivity index (χ4v) is 8.85. The van der Waals surface area contributed by atoms with E-state index in [-0.39, 0.29) is 0 Å². The van der Waals surface area contributed by atoms with E-state index in [2.05, 4.69) is 0 Å². The Morgan fingerprint density at radius 3 is 1.32 bits per heavy atom. The highest BCUT2D eigenvalue weighted by Gasteiger charge is 2.39. The lowest BCUT2D eigenvalue weighted by atomic mass is 10.2. The van der Waals surface area contributed by atoms with E-state index in [9.17, 15) is 26.0 Å². The number of hydrogen-bond acceptors (Lipinski definition) is 5. The molecule has 5 nitrogen and oxygen atoms in total. The highest BCUT2D eigenvalue weighted by atomic mass is 32.3. The van der Waals surface area contributed by atoms with Crippen molar-refractivity contribution in [3.8, 4) is 11.5 Å². The van der Waals surface area contributed by atoms with E-state index in [1.165, 1.54) is 38.5 Å². The molecule has 0 N–H and O–H groups in total. The van der Waals surface area contributed by atoms with Gasteiger partial charge in [-0.05, 0) is 107 Å². The lowest BCUT2D eigenvalue weighted by Crippen LogP contribution is -2.15. The van der Waals surface area contributed by atoms with Gasteiger partial charge in [-0.2, -0.15) is 21.6 Å². The third-order valence-electron chi connectivity index (χ3n) is 5.59. The summed E-state index contributed by atoms with van der Waals surface area (Å²) in [4.78, 5) is 0.715. The van der Waals surface area contributed by atoms with Crippen LogP contribution in [0.4, 0.5) is 17.6 Å². The molecule has 0 aromatic heterocycles. The van der Waals surface area contributed by atoms with E-state index < -0.39 is 42.9 Å². The first-order chi connectivity index (χ1) is 18.0. The van der Waals surface area contributed by atoms with Crippen LogP contribution in [0.2, 0.25) is 0 Å². The molecule has 38 heavy (non-hydrogen) atoms. The highest BCUT2D eigenvalue weighted by molar-refractivity contribution is 8.33. The maximum atomic E-state index is 13.9. The number of hydrogen-bond donors (Lipinski definition) is 0. The molecule has 0 radical (unpaired) electrons. The lowest BCUT2D eigenvalue weighted by molar-refractivity contribution is -0.137. The second-order valence-electron chi connectivity index (χ2n) is 7.91. The van der Waals surface area contributed by atoms with Gasteiger partial charge in [-0.1, -0.05) is 0 Å². The van der Waals surface area contributed by atoms with Crippen LogP contribution in [0.15, 0.2) is 117 Å². The van der Waals surface area contributed by atoms with Crippen LogP contribution in [0.3, 0.4) is 0 Å². The van der Waals surface area contributed by atoms with Crippen molar-refractivity contribution in [2.75, 3.05) is 14.2 Å². The summed E-state index contributed by atoms with van der Waals surface area (Å²) in [5.74, 6) is 0.458. The highest BCUT2D eigenvalue weighted by Crippen LogP contribution is 2.70. The Morgan fingerprint density at radius 1 is 0.579 bits per heavy atom. The van der Waals surface area contributed by atoms with Crippen LogP contribution in [0, 0.1) is 5.82 Å². The van der Waals surface area contributed by atoms with Gasteiger partial charge in [-0.25, -0.2) is 8.02 Å². The van der Waals surface area contributed by atoms with Crippen molar-refractivity contribution in [1.82, 2.24) is 0 Å². The third-order valence-corrected chi connectivity index (χ3v) is 10.8. The zero-order valence-corrected chi connectivity index (χ0v) is 21.7. The van der Waals surface area contributed by atoms with Crippen molar-refractivity contribution < 1.29 is 39.1 Å². The minimum Gasteiger partial charge on any atom is -0.497 e. The molecule has 0 aliphatic heterocycles. The molecule has 0 bridgehead atoms. The SMILES string of the molecule is COc1ccc(S(OS(=O)(=O)c2ccc(C(F)(F)F)cc2)(c2ccc(F)cc2)c2ccc(OC)cc2)cc1. The number of halogens is 4. The van der Waals surface area contributed by atoms with Crippen molar-refractivity contribution in [2.24, 2.45) is 0 Å². The van der Waals surface area contributed by atoms with Gasteiger partial charge in [0, 0.05) is 14.7 Å². The van der Waals surface area contributed by atoms with Crippen molar-refractivity contribution in [3.05, 3.63) is 108 Å². The van der Waals surface area contributed by atoms with Gasteiger partial charge in [0.1, 0.15) is 17.3 Å². The van der Waals surface area contributed by atoms with Gasteiger partial charge in [0.2, 0.25) is 0 Å². The Bertz CT molecular complexity index is 1440. The van der Waals surface area contributed by atoms with Gasteiger partial charge in [0.05, 0.1) is 24.7 Å². The summed E-state index contributed by atoms with van der Waals surface area (Å²) in [5.41, 5.74) is -1.00. The van der Waals surface area contributed by atoms with Gasteiger partial charge in [0.25, 0.3) is 0 Å². The fourth-order valence-electron chi connectivity index (χ4n) is 3.67. The van der Waals surface area contributed by atoms with Gasteiger partial charge in [-0.15, -0.1) is 0 Å². The predicted octanol–water partition coefficient (Wildman–Crippen LogP) is 7.46. The molecule has 0 amide bonds. The predicted molar refractivity (Wildman–Crippen MR) is 134 cm³/mol.